The number of hydrogen-bond donors (Lipinski definition) is 4. The normalized spacial score (nSPS) is 13.8. The Bertz CT molecular complexity index is 2770. The van der Waals surface area contributed by atoms with E-state index in [1.54, 1.807) is 0 Å². The van der Waals surface area contributed by atoms with Crippen LogP contribution in [0.5, 0.6) is 0 Å². The Labute approximate surface area is 385 Å². The molecule has 340 valence electrons. The van der Waals surface area contributed by atoms with Crippen molar-refractivity contribution in [2.75, 3.05) is 0 Å². The van der Waals surface area contributed by atoms with Gasteiger partial charge in [0.15, 0.2) is 0 Å². The lowest BCUT2D eigenvalue weighted by molar-refractivity contribution is 0.567. The second-order valence-corrected chi connectivity index (χ2v) is 23.1. The van der Waals surface area contributed by atoms with Gasteiger partial charge in [-0.15, -0.1) is 0 Å². The van der Waals surface area contributed by atoms with Crippen molar-refractivity contribution in [3.05, 3.63) is 158 Å². The van der Waals surface area contributed by atoms with Crippen molar-refractivity contribution >= 4 is 23.3 Å². The lowest BCUT2D eigenvalue weighted by Gasteiger charge is -2.27. The van der Waals surface area contributed by atoms with E-state index >= 15 is 0 Å². The Kier molecular flexibility index (Phi) is 12.1. The van der Waals surface area contributed by atoms with Gasteiger partial charge in [-0.1, -0.05) is 147 Å². The van der Waals surface area contributed by atoms with Crippen molar-refractivity contribution in [2.24, 2.45) is 0 Å². The Balaban J connectivity index is 1.75. The molecule has 0 amide bonds. The first-order chi connectivity index (χ1) is 29.7. The fourth-order valence-electron chi connectivity index (χ4n) is 10.3. The summed E-state index contributed by atoms with van der Waals surface area (Å²) in [4.78, 5) is 16.6. The van der Waals surface area contributed by atoms with Crippen molar-refractivity contribution in [1.29, 1.82) is 0 Å². The SMILES string of the molecule is CCc1c2[nH]c(c1C)C(c1cc(C(C)(C)C)cc(C(C)(C)C)c1)=c1[nH]c(c(CC)c1C)=Cc1[nH]c(c(C)c1CC)C(c1cc(C(C)(C)C)cc(C(C)(C)C)c1)=c1[nH]c(c(CC)c1C)=C2. The number of nitrogens with one attached hydrogen (secondary N) is 4. The Hall–Kier alpha value is -4.96. The number of aromatic amines is 4. The fraction of sp³-hybridized carbons (Fsp3) is 0.467. The maximum atomic E-state index is 4.14. The van der Waals surface area contributed by atoms with Gasteiger partial charge in [-0.05, 0) is 165 Å². The van der Waals surface area contributed by atoms with Crippen LogP contribution >= 0.6 is 0 Å². The van der Waals surface area contributed by atoms with Crippen LogP contribution in [0.15, 0.2) is 36.4 Å². The molecule has 5 heterocycles. The van der Waals surface area contributed by atoms with E-state index in [2.05, 4.69) is 207 Å². The molecule has 64 heavy (non-hydrogen) atoms. The predicted octanol–water partition coefficient (Wildman–Crippen LogP) is 12.1. The first-order valence-electron chi connectivity index (χ1n) is 24.4. The summed E-state index contributed by atoms with van der Waals surface area (Å²) < 4.78 is 0. The summed E-state index contributed by atoms with van der Waals surface area (Å²) in [5.74, 6) is 0. The maximum Gasteiger partial charge on any atom is 0.0518 e. The molecule has 7 rings (SSSR count). The molecule has 8 bridgehead atoms. The third-order valence-electron chi connectivity index (χ3n) is 14.5. The number of hydrogen-bond acceptors (Lipinski definition) is 0. The van der Waals surface area contributed by atoms with Gasteiger partial charge >= 0.3 is 0 Å². The third kappa shape index (κ3) is 8.29. The standard InChI is InChI=1S/C60H80N4/c1-21-43-33(5)53-51(37-25-39(57(9,10)11)29-40(26-37)58(12,13)14)54-35(7)45(23-3)49(63-54)32-50-46(24-4)36(8)56(64-50)52(55-34(6)44(22-2)48(62-55)31-47(43)61-53)38-27-41(59(15,16)17)30-42(28-38)60(18,19)20/h25-32,61-64H,21-24H2,1-20H3. The Morgan fingerprint density at radius 1 is 0.359 bits per heavy atom. The summed E-state index contributed by atoms with van der Waals surface area (Å²) in [6.07, 6.45) is 8.53. The largest absolute Gasteiger partial charge is 0.354 e. The van der Waals surface area contributed by atoms with Crippen LogP contribution in [0, 0.1) is 27.7 Å². The molecular formula is C60H80N4. The molecule has 4 N–H and O–H groups in total. The quantitative estimate of drug-likeness (QED) is 0.129. The third-order valence-corrected chi connectivity index (χ3v) is 14.5. The van der Waals surface area contributed by atoms with E-state index in [-0.39, 0.29) is 21.7 Å². The molecule has 4 nitrogen and oxygen atoms in total. The van der Waals surface area contributed by atoms with Gasteiger partial charge in [-0.2, -0.15) is 0 Å². The molecule has 0 atom stereocenters. The number of fused-ring (bicyclic) bond motifs is 8. The van der Waals surface area contributed by atoms with E-state index in [9.17, 15) is 0 Å². The molecular weight excluding hydrogens is 777 g/mol. The smallest absolute Gasteiger partial charge is 0.0518 e. The molecule has 2 aromatic carbocycles. The highest BCUT2D eigenvalue weighted by Crippen LogP contribution is 2.38. The molecule has 4 heteroatoms. The van der Waals surface area contributed by atoms with Crippen molar-refractivity contribution in [2.45, 2.75) is 186 Å². The highest BCUT2D eigenvalue weighted by Gasteiger charge is 2.28. The summed E-state index contributed by atoms with van der Waals surface area (Å²) in [5.41, 5.74) is 25.7. The molecule has 0 radical (unpaired) electrons. The number of H-pyrrole nitrogens is 4. The predicted molar refractivity (Wildman–Crippen MR) is 276 cm³/mol. The Morgan fingerprint density at radius 2 is 0.641 bits per heavy atom. The van der Waals surface area contributed by atoms with Gasteiger partial charge < -0.3 is 19.9 Å². The molecule has 0 saturated heterocycles. The van der Waals surface area contributed by atoms with Crippen molar-refractivity contribution < 1.29 is 0 Å². The first kappa shape index (κ1) is 47.0. The maximum absolute atomic E-state index is 4.14. The van der Waals surface area contributed by atoms with Crippen LogP contribution in [0.1, 0.15) is 211 Å². The fourth-order valence-corrected chi connectivity index (χ4v) is 10.3. The molecule has 0 spiro atoms. The summed E-state index contributed by atoms with van der Waals surface area (Å²) in [6.45, 7) is 46.7. The van der Waals surface area contributed by atoms with Crippen LogP contribution in [0.3, 0.4) is 0 Å². The number of benzene rings is 2. The minimum absolute atomic E-state index is 0.0246. The Morgan fingerprint density at radius 3 is 0.891 bits per heavy atom. The van der Waals surface area contributed by atoms with Gasteiger partial charge in [0.2, 0.25) is 0 Å². The van der Waals surface area contributed by atoms with E-state index in [0.29, 0.717) is 0 Å². The highest BCUT2D eigenvalue weighted by atomic mass is 14.8. The van der Waals surface area contributed by atoms with Crippen LogP contribution in [0.25, 0.3) is 23.3 Å². The zero-order chi connectivity index (χ0) is 47.2. The van der Waals surface area contributed by atoms with Gasteiger partial charge in [0, 0.05) is 33.2 Å². The van der Waals surface area contributed by atoms with Gasteiger partial charge in [-0.25, -0.2) is 0 Å². The minimum Gasteiger partial charge on any atom is -0.354 e. The average molecular weight is 857 g/mol. The van der Waals surface area contributed by atoms with E-state index in [1.807, 2.05) is 0 Å². The van der Waals surface area contributed by atoms with Crippen molar-refractivity contribution in [1.82, 2.24) is 19.9 Å². The summed E-state index contributed by atoms with van der Waals surface area (Å²) >= 11 is 0. The lowest BCUT2D eigenvalue weighted by Crippen LogP contribution is -2.20. The average Bonchev–Trinajstić information content (AvgIpc) is 3.89. The zero-order valence-corrected chi connectivity index (χ0v) is 43.4. The van der Waals surface area contributed by atoms with Crippen LogP contribution in [-0.4, -0.2) is 19.9 Å². The molecule has 0 saturated carbocycles. The second kappa shape index (κ2) is 16.5. The molecule has 0 fully saturated rings. The van der Waals surface area contributed by atoms with Gasteiger partial charge in [-0.3, -0.25) is 0 Å². The molecule has 6 aromatic rings. The van der Waals surface area contributed by atoms with Crippen LogP contribution < -0.4 is 21.4 Å². The first-order valence-corrected chi connectivity index (χ1v) is 24.4. The van der Waals surface area contributed by atoms with Gasteiger partial charge in [0.1, 0.15) is 0 Å². The number of aromatic nitrogens is 4. The van der Waals surface area contributed by atoms with Gasteiger partial charge in [0.05, 0.1) is 22.1 Å². The summed E-state index contributed by atoms with van der Waals surface area (Å²) in [6, 6.07) is 14.8. The zero-order valence-electron chi connectivity index (χ0n) is 43.4. The van der Waals surface area contributed by atoms with Crippen molar-refractivity contribution in [3.63, 3.8) is 0 Å². The van der Waals surface area contributed by atoms with E-state index in [4.69, 9.17) is 0 Å². The topological polar surface area (TPSA) is 63.2 Å². The van der Waals surface area contributed by atoms with E-state index in [0.717, 1.165) is 25.7 Å². The van der Waals surface area contributed by atoms with Gasteiger partial charge in [0.25, 0.3) is 0 Å². The molecule has 1 aliphatic heterocycles. The lowest BCUT2D eigenvalue weighted by atomic mass is 9.78. The summed E-state index contributed by atoms with van der Waals surface area (Å²) in [5, 5.41) is 4.73. The highest BCUT2D eigenvalue weighted by molar-refractivity contribution is 5.84. The van der Waals surface area contributed by atoms with E-state index in [1.165, 1.54) is 133 Å². The van der Waals surface area contributed by atoms with Crippen LogP contribution in [-0.2, 0) is 47.3 Å². The summed E-state index contributed by atoms with van der Waals surface area (Å²) in [7, 11) is 0. The van der Waals surface area contributed by atoms with Crippen LogP contribution in [0.4, 0.5) is 0 Å². The number of rotatable bonds is 6. The molecule has 4 aromatic heterocycles. The van der Waals surface area contributed by atoms with E-state index < -0.39 is 0 Å². The monoisotopic (exact) mass is 857 g/mol. The molecule has 0 aliphatic carbocycles. The molecule has 0 unspecified atom stereocenters. The van der Waals surface area contributed by atoms with Crippen LogP contribution in [0.2, 0.25) is 0 Å². The minimum atomic E-state index is -0.0246. The second-order valence-electron chi connectivity index (χ2n) is 23.1. The molecule has 1 aliphatic rings. The van der Waals surface area contributed by atoms with Crippen molar-refractivity contribution in [3.8, 4) is 0 Å².